The fourth-order valence-electron chi connectivity index (χ4n) is 1.80. The molecule has 6 heteroatoms. The molecule has 0 spiro atoms. The van der Waals surface area contributed by atoms with Crippen molar-refractivity contribution in [3.8, 4) is 11.6 Å². The molecule has 1 heterocycles. The zero-order valence-corrected chi connectivity index (χ0v) is 12.2. The van der Waals surface area contributed by atoms with Crippen LogP contribution in [0.1, 0.15) is 28.8 Å². The molecular formula is C15H17N3O3. The van der Waals surface area contributed by atoms with Crippen LogP contribution in [0.2, 0.25) is 0 Å². The van der Waals surface area contributed by atoms with E-state index in [9.17, 15) is 4.79 Å². The summed E-state index contributed by atoms with van der Waals surface area (Å²) in [7, 11) is 1.27. The first kappa shape index (κ1) is 14.8. The average molecular weight is 287 g/mol. The Morgan fingerprint density at radius 2 is 2.05 bits per heavy atom. The van der Waals surface area contributed by atoms with Gasteiger partial charge in [-0.2, -0.15) is 4.98 Å². The minimum absolute atomic E-state index is 0.0451. The summed E-state index contributed by atoms with van der Waals surface area (Å²) in [6.07, 6.45) is 0.892. The number of carbonyl (C=O) groups excluding carboxylic acids is 1. The van der Waals surface area contributed by atoms with E-state index in [0.717, 1.165) is 12.0 Å². The summed E-state index contributed by atoms with van der Waals surface area (Å²) < 4.78 is 10.2. The molecule has 0 aliphatic heterocycles. The highest BCUT2D eigenvalue weighted by Crippen LogP contribution is 2.27. The summed E-state index contributed by atoms with van der Waals surface area (Å²) >= 11 is 0. The summed E-state index contributed by atoms with van der Waals surface area (Å²) in [6, 6.07) is 7.19. The highest BCUT2D eigenvalue weighted by atomic mass is 16.5. The topological polar surface area (TPSA) is 87.3 Å². The first-order valence-corrected chi connectivity index (χ1v) is 6.53. The van der Waals surface area contributed by atoms with E-state index in [1.807, 2.05) is 19.1 Å². The molecule has 21 heavy (non-hydrogen) atoms. The third-order valence-corrected chi connectivity index (χ3v) is 2.90. The van der Waals surface area contributed by atoms with Crippen molar-refractivity contribution in [2.75, 3.05) is 12.8 Å². The molecule has 0 amide bonds. The lowest BCUT2D eigenvalue weighted by Gasteiger charge is -2.10. The van der Waals surface area contributed by atoms with E-state index in [4.69, 9.17) is 10.5 Å². The lowest BCUT2D eigenvalue weighted by molar-refractivity contribution is 0.0585. The van der Waals surface area contributed by atoms with E-state index >= 15 is 0 Å². The summed E-state index contributed by atoms with van der Waals surface area (Å²) in [5.41, 5.74) is 8.19. The van der Waals surface area contributed by atoms with E-state index in [1.54, 1.807) is 19.1 Å². The van der Waals surface area contributed by atoms with E-state index in [1.165, 1.54) is 7.11 Å². The van der Waals surface area contributed by atoms with Crippen LogP contribution in [0, 0.1) is 6.92 Å². The molecule has 0 saturated heterocycles. The number of esters is 1. The lowest BCUT2D eigenvalue weighted by atomic mass is 10.1. The fourth-order valence-corrected chi connectivity index (χ4v) is 1.80. The van der Waals surface area contributed by atoms with Gasteiger partial charge in [0.05, 0.1) is 12.8 Å². The van der Waals surface area contributed by atoms with Crippen molar-refractivity contribution in [1.82, 2.24) is 9.97 Å². The maximum atomic E-state index is 11.5. The Balaban J connectivity index is 2.31. The lowest BCUT2D eigenvalue weighted by Crippen LogP contribution is -2.09. The van der Waals surface area contributed by atoms with Crippen molar-refractivity contribution in [2.45, 2.75) is 20.3 Å². The van der Waals surface area contributed by atoms with Crippen LogP contribution >= 0.6 is 0 Å². The van der Waals surface area contributed by atoms with Gasteiger partial charge in [-0.25, -0.2) is 9.78 Å². The van der Waals surface area contributed by atoms with Crippen LogP contribution in [-0.2, 0) is 11.2 Å². The van der Waals surface area contributed by atoms with Crippen molar-refractivity contribution < 1.29 is 14.3 Å². The Morgan fingerprint density at radius 3 is 2.67 bits per heavy atom. The van der Waals surface area contributed by atoms with Crippen LogP contribution in [0.25, 0.3) is 0 Å². The average Bonchev–Trinajstić information content (AvgIpc) is 2.47. The first-order valence-electron chi connectivity index (χ1n) is 6.53. The third kappa shape index (κ3) is 3.47. The Morgan fingerprint density at radius 1 is 1.29 bits per heavy atom. The molecule has 0 atom stereocenters. The molecule has 0 saturated carbocycles. The number of aromatic nitrogens is 2. The Kier molecular flexibility index (Phi) is 4.37. The van der Waals surface area contributed by atoms with Gasteiger partial charge in [0.2, 0.25) is 11.7 Å². The summed E-state index contributed by atoms with van der Waals surface area (Å²) in [6.45, 7) is 3.79. The number of anilines is 1. The molecule has 0 radical (unpaired) electrons. The molecule has 6 nitrogen and oxygen atoms in total. The number of aryl methyl sites for hydroxylation is 2. The molecule has 2 N–H and O–H groups in total. The molecule has 2 aromatic rings. The predicted molar refractivity (Wildman–Crippen MR) is 78.4 cm³/mol. The molecule has 0 fully saturated rings. The Labute approximate surface area is 122 Å². The zero-order chi connectivity index (χ0) is 15.4. The van der Waals surface area contributed by atoms with Crippen LogP contribution in [0.5, 0.6) is 11.6 Å². The van der Waals surface area contributed by atoms with Gasteiger partial charge in [-0.15, -0.1) is 0 Å². The molecule has 0 aliphatic rings. The van der Waals surface area contributed by atoms with Gasteiger partial charge in [0.1, 0.15) is 0 Å². The largest absolute Gasteiger partial charge is 0.463 e. The minimum atomic E-state index is -0.613. The highest BCUT2D eigenvalue weighted by molar-refractivity contribution is 5.85. The molecular weight excluding hydrogens is 270 g/mol. The van der Waals surface area contributed by atoms with Gasteiger partial charge in [-0.3, -0.25) is 0 Å². The standard InChI is InChI=1S/C15H17N3O3/c1-4-10-5-6-12(11(16)8-10)21-13-7-9(2)17-14(18-13)15(19)20-3/h5-8H,4,16H2,1-3H3. The maximum absolute atomic E-state index is 11.5. The van der Waals surface area contributed by atoms with Gasteiger partial charge in [-0.1, -0.05) is 13.0 Å². The second kappa shape index (κ2) is 6.21. The van der Waals surface area contributed by atoms with Crippen molar-refractivity contribution in [3.63, 3.8) is 0 Å². The van der Waals surface area contributed by atoms with Gasteiger partial charge in [0.15, 0.2) is 5.75 Å². The second-order valence-electron chi connectivity index (χ2n) is 4.49. The van der Waals surface area contributed by atoms with Crippen LogP contribution in [0.4, 0.5) is 5.69 Å². The number of rotatable bonds is 4. The van der Waals surface area contributed by atoms with E-state index in [-0.39, 0.29) is 11.7 Å². The number of hydrogen-bond acceptors (Lipinski definition) is 6. The fraction of sp³-hybridized carbons (Fsp3) is 0.267. The molecule has 1 aromatic heterocycles. The second-order valence-corrected chi connectivity index (χ2v) is 4.49. The molecule has 110 valence electrons. The minimum Gasteiger partial charge on any atom is -0.463 e. The highest BCUT2D eigenvalue weighted by Gasteiger charge is 2.13. The quantitative estimate of drug-likeness (QED) is 0.686. The zero-order valence-electron chi connectivity index (χ0n) is 12.2. The molecule has 1 aromatic carbocycles. The van der Waals surface area contributed by atoms with Crippen molar-refractivity contribution in [2.24, 2.45) is 0 Å². The number of nitrogen functional groups attached to an aromatic ring is 1. The van der Waals surface area contributed by atoms with Crippen molar-refractivity contribution in [1.29, 1.82) is 0 Å². The Hall–Kier alpha value is -2.63. The number of benzene rings is 1. The van der Waals surface area contributed by atoms with Gasteiger partial charge >= 0.3 is 5.97 Å². The van der Waals surface area contributed by atoms with E-state index in [2.05, 4.69) is 14.7 Å². The normalized spacial score (nSPS) is 10.2. The van der Waals surface area contributed by atoms with Crippen molar-refractivity contribution >= 4 is 11.7 Å². The first-order chi connectivity index (χ1) is 10.0. The summed E-state index contributed by atoms with van der Waals surface area (Å²) in [5.74, 6) is 0.0778. The number of ether oxygens (including phenoxy) is 2. The van der Waals surface area contributed by atoms with E-state index < -0.39 is 5.97 Å². The van der Waals surface area contributed by atoms with Crippen LogP contribution in [-0.4, -0.2) is 23.0 Å². The molecule has 0 aliphatic carbocycles. The smallest absolute Gasteiger partial charge is 0.376 e. The predicted octanol–water partition coefficient (Wildman–Crippen LogP) is 2.51. The van der Waals surface area contributed by atoms with Crippen LogP contribution < -0.4 is 10.5 Å². The molecule has 2 rings (SSSR count). The number of carbonyl (C=O) groups is 1. The van der Waals surface area contributed by atoms with Gasteiger partial charge in [-0.05, 0) is 31.0 Å². The van der Waals surface area contributed by atoms with Gasteiger partial charge in [0, 0.05) is 11.8 Å². The SMILES string of the molecule is CCc1ccc(Oc2cc(C)nc(C(=O)OC)n2)c(N)c1. The third-order valence-electron chi connectivity index (χ3n) is 2.90. The Bertz CT molecular complexity index is 671. The summed E-state index contributed by atoms with van der Waals surface area (Å²) in [4.78, 5) is 19.5. The summed E-state index contributed by atoms with van der Waals surface area (Å²) in [5, 5.41) is 0. The monoisotopic (exact) mass is 287 g/mol. The maximum Gasteiger partial charge on any atom is 0.376 e. The molecule has 0 unspecified atom stereocenters. The van der Waals surface area contributed by atoms with Crippen LogP contribution in [0.3, 0.4) is 0 Å². The number of hydrogen-bond donors (Lipinski definition) is 1. The van der Waals surface area contributed by atoms with Gasteiger partial charge < -0.3 is 15.2 Å². The number of nitrogens with zero attached hydrogens (tertiary/aromatic N) is 2. The van der Waals surface area contributed by atoms with Crippen LogP contribution in [0.15, 0.2) is 24.3 Å². The number of methoxy groups -OCH3 is 1. The number of nitrogens with two attached hydrogens (primary N) is 1. The van der Waals surface area contributed by atoms with E-state index in [0.29, 0.717) is 17.1 Å². The van der Waals surface area contributed by atoms with Gasteiger partial charge in [0.25, 0.3) is 0 Å². The van der Waals surface area contributed by atoms with Crippen molar-refractivity contribution in [3.05, 3.63) is 41.3 Å². The molecule has 0 bridgehead atoms.